The molecule has 7 heteroatoms. The van der Waals surface area contributed by atoms with Gasteiger partial charge in [0.25, 0.3) is 0 Å². The topological polar surface area (TPSA) is 84.1 Å². The average molecular weight is 211 g/mol. The third-order valence-electron chi connectivity index (χ3n) is 2.30. The van der Waals surface area contributed by atoms with Crippen LogP contribution in [0.4, 0.5) is 0 Å². The van der Waals surface area contributed by atoms with Crippen molar-refractivity contribution >= 4 is 5.97 Å². The van der Waals surface area contributed by atoms with Gasteiger partial charge in [-0.05, 0) is 18.1 Å². The normalized spacial score (nSPS) is 15.9. The SMILES string of the molecule is Cn1nnc(CN(CC(=O)O)C2CC2)n1. The first kappa shape index (κ1) is 10.0. The highest BCUT2D eigenvalue weighted by molar-refractivity contribution is 5.69. The number of carbonyl (C=O) groups is 1. The lowest BCUT2D eigenvalue weighted by Gasteiger charge is -2.16. The van der Waals surface area contributed by atoms with Gasteiger partial charge in [0, 0.05) is 6.04 Å². The Morgan fingerprint density at radius 1 is 1.67 bits per heavy atom. The van der Waals surface area contributed by atoms with Crippen LogP contribution in [0.5, 0.6) is 0 Å². The lowest BCUT2D eigenvalue weighted by atomic mass is 10.4. The third-order valence-corrected chi connectivity index (χ3v) is 2.30. The molecule has 1 aliphatic carbocycles. The van der Waals surface area contributed by atoms with Gasteiger partial charge in [-0.15, -0.1) is 10.2 Å². The average Bonchev–Trinajstić information content (AvgIpc) is 2.90. The van der Waals surface area contributed by atoms with Crippen LogP contribution in [0.1, 0.15) is 18.7 Å². The van der Waals surface area contributed by atoms with Gasteiger partial charge in [0.05, 0.1) is 20.1 Å². The molecule has 1 N–H and O–H groups in total. The van der Waals surface area contributed by atoms with Gasteiger partial charge in [0.2, 0.25) is 0 Å². The highest BCUT2D eigenvalue weighted by Crippen LogP contribution is 2.27. The van der Waals surface area contributed by atoms with E-state index in [9.17, 15) is 4.79 Å². The second kappa shape index (κ2) is 3.93. The number of carboxylic acid groups (broad SMARTS) is 1. The molecular formula is C8H13N5O2. The summed E-state index contributed by atoms with van der Waals surface area (Å²) in [5, 5.41) is 20.3. The Hall–Kier alpha value is -1.50. The lowest BCUT2D eigenvalue weighted by molar-refractivity contribution is -0.138. The van der Waals surface area contributed by atoms with Crippen molar-refractivity contribution in [1.82, 2.24) is 25.1 Å². The quantitative estimate of drug-likeness (QED) is 0.690. The molecule has 0 aliphatic heterocycles. The van der Waals surface area contributed by atoms with Crippen molar-refractivity contribution in [3.63, 3.8) is 0 Å². The van der Waals surface area contributed by atoms with E-state index in [0.717, 1.165) is 12.8 Å². The van der Waals surface area contributed by atoms with Crippen molar-refractivity contribution in [2.75, 3.05) is 6.54 Å². The van der Waals surface area contributed by atoms with E-state index in [1.165, 1.54) is 4.80 Å². The summed E-state index contributed by atoms with van der Waals surface area (Å²) in [4.78, 5) is 13.9. The van der Waals surface area contributed by atoms with E-state index in [1.54, 1.807) is 7.05 Å². The van der Waals surface area contributed by atoms with Crippen molar-refractivity contribution in [2.24, 2.45) is 7.05 Å². The van der Waals surface area contributed by atoms with E-state index in [4.69, 9.17) is 5.11 Å². The summed E-state index contributed by atoms with van der Waals surface area (Å²) in [6.45, 7) is 0.508. The minimum Gasteiger partial charge on any atom is -0.480 e. The fraction of sp³-hybridized carbons (Fsp3) is 0.750. The van der Waals surface area contributed by atoms with Gasteiger partial charge >= 0.3 is 5.97 Å². The number of aromatic nitrogens is 4. The van der Waals surface area contributed by atoms with E-state index >= 15 is 0 Å². The van der Waals surface area contributed by atoms with Crippen LogP contribution in [-0.4, -0.2) is 48.8 Å². The molecule has 0 amide bonds. The van der Waals surface area contributed by atoms with Crippen molar-refractivity contribution in [1.29, 1.82) is 0 Å². The molecule has 0 unspecified atom stereocenters. The van der Waals surface area contributed by atoms with Gasteiger partial charge < -0.3 is 5.11 Å². The molecule has 0 bridgehead atoms. The van der Waals surface area contributed by atoms with Crippen LogP contribution in [-0.2, 0) is 18.4 Å². The van der Waals surface area contributed by atoms with E-state index in [2.05, 4.69) is 15.4 Å². The number of rotatable bonds is 5. The first-order chi connectivity index (χ1) is 7.15. The zero-order valence-electron chi connectivity index (χ0n) is 8.50. The Morgan fingerprint density at radius 3 is 2.87 bits per heavy atom. The summed E-state index contributed by atoms with van der Waals surface area (Å²) in [6, 6.07) is 0.380. The summed E-state index contributed by atoms with van der Waals surface area (Å²) in [5.74, 6) is -0.239. The standard InChI is InChI=1S/C8H13N5O2/c1-12-10-7(9-11-12)4-13(5-8(14)15)6-2-3-6/h6H,2-5H2,1H3,(H,14,15). The maximum atomic E-state index is 10.6. The molecule has 82 valence electrons. The summed E-state index contributed by atoms with van der Waals surface area (Å²) in [6.07, 6.45) is 2.13. The Labute approximate surface area is 86.7 Å². The van der Waals surface area contributed by atoms with Crippen molar-refractivity contribution in [2.45, 2.75) is 25.4 Å². The van der Waals surface area contributed by atoms with Crippen LogP contribution in [0.15, 0.2) is 0 Å². The number of nitrogens with zero attached hydrogens (tertiary/aromatic N) is 5. The zero-order valence-corrected chi connectivity index (χ0v) is 8.50. The maximum Gasteiger partial charge on any atom is 0.317 e. The molecule has 1 aromatic heterocycles. The van der Waals surface area contributed by atoms with E-state index < -0.39 is 5.97 Å². The van der Waals surface area contributed by atoms with E-state index in [1.807, 2.05) is 4.90 Å². The third kappa shape index (κ3) is 2.72. The predicted octanol–water partition coefficient (Wildman–Crippen LogP) is -0.741. The summed E-state index contributed by atoms with van der Waals surface area (Å²) in [5.41, 5.74) is 0. The van der Waals surface area contributed by atoms with Crippen LogP contribution in [0, 0.1) is 0 Å². The van der Waals surface area contributed by atoms with Gasteiger partial charge in [-0.25, -0.2) is 0 Å². The number of hydrogen-bond acceptors (Lipinski definition) is 5. The number of aryl methyl sites for hydroxylation is 1. The summed E-state index contributed by atoms with van der Waals surface area (Å²) >= 11 is 0. The van der Waals surface area contributed by atoms with Crippen molar-refractivity contribution in [3.8, 4) is 0 Å². The van der Waals surface area contributed by atoms with Gasteiger partial charge in [-0.3, -0.25) is 9.69 Å². The molecule has 2 rings (SSSR count). The first-order valence-corrected chi connectivity index (χ1v) is 4.84. The maximum absolute atomic E-state index is 10.6. The van der Waals surface area contributed by atoms with Crippen molar-refractivity contribution < 1.29 is 9.90 Å². The van der Waals surface area contributed by atoms with Crippen LogP contribution >= 0.6 is 0 Å². The molecule has 0 aromatic carbocycles. The highest BCUT2D eigenvalue weighted by atomic mass is 16.4. The summed E-state index contributed by atoms with van der Waals surface area (Å²) < 4.78 is 0. The minimum absolute atomic E-state index is 0.0446. The molecule has 1 aliphatic rings. The highest BCUT2D eigenvalue weighted by Gasteiger charge is 2.31. The molecule has 0 saturated heterocycles. The minimum atomic E-state index is -0.814. The van der Waals surface area contributed by atoms with Gasteiger partial charge in [-0.2, -0.15) is 4.80 Å². The van der Waals surface area contributed by atoms with Crippen LogP contribution in [0.25, 0.3) is 0 Å². The molecule has 1 aromatic rings. The smallest absolute Gasteiger partial charge is 0.317 e. The number of tetrazole rings is 1. The Kier molecular flexibility index (Phi) is 2.63. The summed E-state index contributed by atoms with van der Waals surface area (Å²) in [7, 11) is 1.69. The van der Waals surface area contributed by atoms with Crippen molar-refractivity contribution in [3.05, 3.63) is 5.82 Å². The second-order valence-corrected chi connectivity index (χ2v) is 3.73. The van der Waals surface area contributed by atoms with Gasteiger partial charge in [-0.1, -0.05) is 0 Å². The van der Waals surface area contributed by atoms with Crippen LogP contribution < -0.4 is 0 Å². The number of carboxylic acids is 1. The molecule has 1 fully saturated rings. The Balaban J connectivity index is 1.96. The predicted molar refractivity (Wildman–Crippen MR) is 49.9 cm³/mol. The number of aliphatic carboxylic acids is 1. The molecule has 0 spiro atoms. The largest absolute Gasteiger partial charge is 0.480 e. The molecule has 1 saturated carbocycles. The molecular weight excluding hydrogens is 198 g/mol. The second-order valence-electron chi connectivity index (χ2n) is 3.73. The molecule has 0 atom stereocenters. The fourth-order valence-electron chi connectivity index (χ4n) is 1.50. The van der Waals surface area contributed by atoms with Gasteiger partial charge in [0.1, 0.15) is 0 Å². The molecule has 1 heterocycles. The van der Waals surface area contributed by atoms with E-state index in [0.29, 0.717) is 18.4 Å². The molecule has 15 heavy (non-hydrogen) atoms. The zero-order chi connectivity index (χ0) is 10.8. The Bertz CT molecular complexity index is 360. The number of hydrogen-bond donors (Lipinski definition) is 1. The fourth-order valence-corrected chi connectivity index (χ4v) is 1.50. The monoisotopic (exact) mass is 211 g/mol. The van der Waals surface area contributed by atoms with E-state index in [-0.39, 0.29) is 6.54 Å². The molecule has 7 nitrogen and oxygen atoms in total. The van der Waals surface area contributed by atoms with Crippen LogP contribution in [0.3, 0.4) is 0 Å². The lowest BCUT2D eigenvalue weighted by Crippen LogP contribution is -2.31. The Morgan fingerprint density at radius 2 is 2.40 bits per heavy atom. The molecule has 0 radical (unpaired) electrons. The van der Waals surface area contributed by atoms with Crippen LogP contribution in [0.2, 0.25) is 0 Å². The van der Waals surface area contributed by atoms with Gasteiger partial charge in [0.15, 0.2) is 5.82 Å². The first-order valence-electron chi connectivity index (χ1n) is 4.84.